The van der Waals surface area contributed by atoms with Gasteiger partial charge in [0, 0.05) is 0 Å². The number of carbonyl (C=O) groups is 1. The van der Waals surface area contributed by atoms with Crippen molar-refractivity contribution in [2.24, 2.45) is 0 Å². The van der Waals surface area contributed by atoms with Crippen LogP contribution in [0.5, 0.6) is 0 Å². The third-order valence-corrected chi connectivity index (χ3v) is 3.99. The van der Waals surface area contributed by atoms with Crippen molar-refractivity contribution in [3.05, 3.63) is 35.1 Å². The Bertz CT molecular complexity index is 468. The fraction of sp³-hybridized carbons (Fsp3) is 0.562. The minimum absolute atomic E-state index is 0.287. The highest BCUT2D eigenvalue weighted by Gasteiger charge is 2.27. The van der Waals surface area contributed by atoms with Gasteiger partial charge in [0.05, 0.1) is 0 Å². The van der Waals surface area contributed by atoms with Crippen LogP contribution in [0.15, 0.2) is 18.2 Å². The van der Waals surface area contributed by atoms with E-state index in [9.17, 15) is 14.3 Å². The summed E-state index contributed by atoms with van der Waals surface area (Å²) in [6, 6.07) is 3.96. The van der Waals surface area contributed by atoms with Crippen molar-refractivity contribution in [2.75, 3.05) is 13.1 Å². The van der Waals surface area contributed by atoms with Crippen LogP contribution in [-0.2, 0) is 4.79 Å². The summed E-state index contributed by atoms with van der Waals surface area (Å²) < 4.78 is 13.4. The lowest BCUT2D eigenvalue weighted by Gasteiger charge is -2.30. The molecule has 0 aromatic heterocycles. The van der Waals surface area contributed by atoms with Gasteiger partial charge >= 0.3 is 5.97 Å². The molecular formula is C16H22FNO2. The molecule has 0 aliphatic carbocycles. The predicted octanol–water partition coefficient (Wildman–Crippen LogP) is 3.53. The summed E-state index contributed by atoms with van der Waals surface area (Å²) in [7, 11) is 0. The van der Waals surface area contributed by atoms with Gasteiger partial charge in [-0.2, -0.15) is 0 Å². The normalized spacial score (nSPS) is 19.1. The van der Waals surface area contributed by atoms with Crippen molar-refractivity contribution < 1.29 is 14.3 Å². The molecule has 1 unspecified atom stereocenters. The molecule has 1 heterocycles. The van der Waals surface area contributed by atoms with Crippen LogP contribution in [0.4, 0.5) is 4.39 Å². The third-order valence-electron chi connectivity index (χ3n) is 3.99. The first kappa shape index (κ1) is 15.0. The summed E-state index contributed by atoms with van der Waals surface area (Å²) in [6.45, 7) is 3.27. The molecule has 0 amide bonds. The number of carboxylic acid groups (broad SMARTS) is 1. The monoisotopic (exact) mass is 279 g/mol. The molecule has 1 atom stereocenters. The van der Waals surface area contributed by atoms with Gasteiger partial charge in [0.15, 0.2) is 0 Å². The van der Waals surface area contributed by atoms with Crippen LogP contribution in [0.25, 0.3) is 0 Å². The van der Waals surface area contributed by atoms with Crippen molar-refractivity contribution in [3.63, 3.8) is 0 Å². The van der Waals surface area contributed by atoms with Gasteiger partial charge in [-0.3, -0.25) is 9.69 Å². The van der Waals surface area contributed by atoms with E-state index in [2.05, 4.69) is 0 Å². The maximum absolute atomic E-state index is 13.4. The predicted molar refractivity (Wildman–Crippen MR) is 76.2 cm³/mol. The highest BCUT2D eigenvalue weighted by atomic mass is 19.1. The lowest BCUT2D eigenvalue weighted by molar-refractivity contribution is -0.143. The maximum atomic E-state index is 13.4. The van der Waals surface area contributed by atoms with Crippen LogP contribution < -0.4 is 0 Å². The first-order chi connectivity index (χ1) is 9.59. The number of nitrogens with zero attached hydrogens (tertiary/aromatic N) is 1. The van der Waals surface area contributed by atoms with E-state index in [1.807, 2.05) is 4.90 Å². The van der Waals surface area contributed by atoms with E-state index in [-0.39, 0.29) is 5.82 Å². The number of aryl methyl sites for hydroxylation is 1. The van der Waals surface area contributed by atoms with Gasteiger partial charge in [0.25, 0.3) is 0 Å². The van der Waals surface area contributed by atoms with Crippen molar-refractivity contribution in [1.82, 2.24) is 4.90 Å². The summed E-state index contributed by atoms with van der Waals surface area (Å²) in [4.78, 5) is 13.7. The number of carboxylic acids is 1. The average Bonchev–Trinajstić information content (AvgIpc) is 2.36. The number of aliphatic carboxylic acids is 1. The molecule has 1 aliphatic rings. The number of hydrogen-bond acceptors (Lipinski definition) is 2. The lowest BCUT2D eigenvalue weighted by Crippen LogP contribution is -2.36. The Morgan fingerprint density at radius 2 is 1.80 bits per heavy atom. The number of hydrogen-bond donors (Lipinski definition) is 1. The lowest BCUT2D eigenvalue weighted by atomic mass is 10.00. The molecule has 1 fully saturated rings. The quantitative estimate of drug-likeness (QED) is 0.920. The summed E-state index contributed by atoms with van der Waals surface area (Å²) >= 11 is 0. The zero-order chi connectivity index (χ0) is 14.5. The Kier molecular flexibility index (Phi) is 5.12. The maximum Gasteiger partial charge on any atom is 0.325 e. The molecule has 1 aromatic rings. The number of likely N-dealkylation sites (tertiary alicyclic amines) is 1. The smallest absolute Gasteiger partial charge is 0.325 e. The molecule has 0 bridgehead atoms. The summed E-state index contributed by atoms with van der Waals surface area (Å²) in [6.07, 6.45) is 5.62. The van der Waals surface area contributed by atoms with Gasteiger partial charge in [0.1, 0.15) is 11.9 Å². The van der Waals surface area contributed by atoms with Gasteiger partial charge in [-0.25, -0.2) is 4.39 Å². The Hall–Kier alpha value is -1.42. The molecule has 1 N–H and O–H groups in total. The van der Waals surface area contributed by atoms with Gasteiger partial charge in [-0.1, -0.05) is 31.4 Å². The molecule has 20 heavy (non-hydrogen) atoms. The zero-order valence-electron chi connectivity index (χ0n) is 11.9. The molecule has 2 rings (SSSR count). The second-order valence-corrected chi connectivity index (χ2v) is 5.55. The molecular weight excluding hydrogens is 257 g/mol. The summed E-state index contributed by atoms with van der Waals surface area (Å²) in [5, 5.41) is 9.57. The van der Waals surface area contributed by atoms with E-state index in [4.69, 9.17) is 0 Å². The van der Waals surface area contributed by atoms with Crippen molar-refractivity contribution in [2.45, 2.75) is 45.1 Å². The summed E-state index contributed by atoms with van der Waals surface area (Å²) in [5.41, 5.74) is 1.18. The second kappa shape index (κ2) is 6.84. The number of rotatable bonds is 3. The van der Waals surface area contributed by atoms with Gasteiger partial charge in [0.2, 0.25) is 0 Å². The molecule has 0 radical (unpaired) electrons. The Balaban J connectivity index is 2.24. The first-order valence-electron chi connectivity index (χ1n) is 7.32. The second-order valence-electron chi connectivity index (χ2n) is 5.55. The van der Waals surface area contributed by atoms with E-state index in [1.54, 1.807) is 19.1 Å². The van der Waals surface area contributed by atoms with Crippen molar-refractivity contribution in [3.8, 4) is 0 Å². The minimum Gasteiger partial charge on any atom is -0.480 e. The SMILES string of the molecule is Cc1cc(C(C(=O)O)N2CCCCCCC2)ccc1F. The van der Waals surface area contributed by atoms with Gasteiger partial charge in [-0.15, -0.1) is 0 Å². The topological polar surface area (TPSA) is 40.5 Å². The van der Waals surface area contributed by atoms with E-state index in [0.717, 1.165) is 38.8 Å². The van der Waals surface area contributed by atoms with Crippen LogP contribution in [0, 0.1) is 12.7 Å². The minimum atomic E-state index is -0.850. The van der Waals surface area contributed by atoms with Crippen molar-refractivity contribution in [1.29, 1.82) is 0 Å². The highest BCUT2D eigenvalue weighted by Crippen LogP contribution is 2.25. The Morgan fingerprint density at radius 3 is 2.35 bits per heavy atom. The Labute approximate surface area is 119 Å². The highest BCUT2D eigenvalue weighted by molar-refractivity contribution is 5.75. The standard InChI is InChI=1S/C16H22FNO2/c1-12-11-13(7-8-14(12)17)15(16(19)20)18-9-5-3-2-4-6-10-18/h7-8,11,15H,2-6,9-10H2,1H3,(H,19,20). The van der Waals surface area contributed by atoms with Gasteiger partial charge < -0.3 is 5.11 Å². The molecule has 4 heteroatoms. The van der Waals surface area contributed by atoms with Gasteiger partial charge in [-0.05, 0) is 50.0 Å². The van der Waals surface area contributed by atoms with E-state index < -0.39 is 12.0 Å². The first-order valence-corrected chi connectivity index (χ1v) is 7.32. The third kappa shape index (κ3) is 3.57. The van der Waals surface area contributed by atoms with Crippen LogP contribution in [0.2, 0.25) is 0 Å². The zero-order valence-corrected chi connectivity index (χ0v) is 11.9. The van der Waals surface area contributed by atoms with Crippen LogP contribution in [-0.4, -0.2) is 29.1 Å². The summed E-state index contributed by atoms with van der Waals surface area (Å²) in [5.74, 6) is -1.14. The molecule has 0 spiro atoms. The number of halogens is 1. The molecule has 110 valence electrons. The van der Waals surface area contributed by atoms with Crippen LogP contribution in [0.3, 0.4) is 0 Å². The van der Waals surface area contributed by atoms with Crippen molar-refractivity contribution >= 4 is 5.97 Å². The van der Waals surface area contributed by atoms with E-state index >= 15 is 0 Å². The fourth-order valence-corrected chi connectivity index (χ4v) is 2.88. The molecule has 1 aliphatic heterocycles. The molecule has 0 saturated carbocycles. The fourth-order valence-electron chi connectivity index (χ4n) is 2.88. The molecule has 3 nitrogen and oxygen atoms in total. The van der Waals surface area contributed by atoms with E-state index in [1.165, 1.54) is 12.5 Å². The molecule has 1 saturated heterocycles. The van der Waals surface area contributed by atoms with Crippen LogP contribution >= 0.6 is 0 Å². The molecule has 1 aromatic carbocycles. The number of benzene rings is 1. The van der Waals surface area contributed by atoms with E-state index in [0.29, 0.717) is 11.1 Å². The largest absolute Gasteiger partial charge is 0.480 e. The average molecular weight is 279 g/mol. The van der Waals surface area contributed by atoms with Crippen LogP contribution in [0.1, 0.15) is 49.3 Å². The Morgan fingerprint density at radius 1 is 1.20 bits per heavy atom.